The molecule has 1 N–H and O–H groups in total. The van der Waals surface area contributed by atoms with Crippen LogP contribution in [0.3, 0.4) is 0 Å². The fourth-order valence-electron chi connectivity index (χ4n) is 1.20. The number of nitrogens with zero attached hydrogens (tertiary/aromatic N) is 3. The summed E-state index contributed by atoms with van der Waals surface area (Å²) in [6.07, 6.45) is 3.04. The van der Waals surface area contributed by atoms with Gasteiger partial charge in [-0.25, -0.2) is 9.67 Å². The molecule has 0 aliphatic carbocycles. The summed E-state index contributed by atoms with van der Waals surface area (Å²) >= 11 is 1.35. The zero-order valence-corrected chi connectivity index (χ0v) is 10.1. The van der Waals surface area contributed by atoms with Gasteiger partial charge in [-0.2, -0.15) is 5.10 Å². The number of nitrogens with one attached hydrogen (secondary N) is 1. The van der Waals surface area contributed by atoms with E-state index in [2.05, 4.69) is 15.4 Å². The molecule has 0 unspecified atom stereocenters. The summed E-state index contributed by atoms with van der Waals surface area (Å²) in [6, 6.07) is 3.60. The van der Waals surface area contributed by atoms with E-state index in [1.165, 1.54) is 18.1 Å². The minimum atomic E-state index is -0.0607. The van der Waals surface area contributed by atoms with E-state index < -0.39 is 0 Å². The molecule has 0 atom stereocenters. The van der Waals surface area contributed by atoms with E-state index in [-0.39, 0.29) is 5.91 Å². The summed E-state index contributed by atoms with van der Waals surface area (Å²) in [6.45, 7) is 0.408. The molecule has 1 amide bonds. The van der Waals surface area contributed by atoms with Crippen LogP contribution in [0.5, 0.6) is 0 Å². The molecule has 0 aliphatic heterocycles. The molecule has 0 aromatic carbocycles. The van der Waals surface area contributed by atoms with Crippen molar-refractivity contribution in [1.82, 2.24) is 20.1 Å². The Morgan fingerprint density at radius 3 is 3.18 bits per heavy atom. The van der Waals surface area contributed by atoms with Gasteiger partial charge in [0.05, 0.1) is 18.6 Å². The second-order valence-corrected chi connectivity index (χ2v) is 4.25. The summed E-state index contributed by atoms with van der Waals surface area (Å²) in [4.78, 5) is 15.5. The standard InChI is InChI=1S/C10H12N4O2S/c1-14-10(12-7-13-14)17-6-9(15)11-5-8-3-2-4-16-8/h2-4,7H,5-6H2,1H3,(H,11,15). The number of rotatable bonds is 5. The molecular weight excluding hydrogens is 240 g/mol. The van der Waals surface area contributed by atoms with Gasteiger partial charge in [-0.05, 0) is 12.1 Å². The van der Waals surface area contributed by atoms with Crippen molar-refractivity contribution in [2.45, 2.75) is 11.7 Å². The number of carbonyl (C=O) groups excluding carboxylic acids is 1. The maximum Gasteiger partial charge on any atom is 0.230 e. The predicted octanol–water partition coefficient (Wildman–Crippen LogP) is 0.817. The predicted molar refractivity (Wildman–Crippen MR) is 62.3 cm³/mol. The summed E-state index contributed by atoms with van der Waals surface area (Å²) < 4.78 is 6.73. The maximum absolute atomic E-state index is 11.5. The number of aromatic nitrogens is 3. The second-order valence-electron chi connectivity index (χ2n) is 3.31. The highest BCUT2D eigenvalue weighted by atomic mass is 32.2. The summed E-state index contributed by atoms with van der Waals surface area (Å²) in [5.74, 6) is 0.990. The number of hydrogen-bond acceptors (Lipinski definition) is 5. The fraction of sp³-hybridized carbons (Fsp3) is 0.300. The third-order valence-corrected chi connectivity index (χ3v) is 3.08. The number of aryl methyl sites for hydroxylation is 1. The number of thioether (sulfide) groups is 1. The molecule has 0 bridgehead atoms. The van der Waals surface area contributed by atoms with Crippen LogP contribution >= 0.6 is 11.8 Å². The van der Waals surface area contributed by atoms with Crippen molar-refractivity contribution >= 4 is 17.7 Å². The first-order valence-electron chi connectivity index (χ1n) is 5.01. The Morgan fingerprint density at radius 1 is 1.65 bits per heavy atom. The Balaban J connectivity index is 1.73. The highest BCUT2D eigenvalue weighted by molar-refractivity contribution is 7.99. The van der Waals surface area contributed by atoms with Crippen molar-refractivity contribution < 1.29 is 9.21 Å². The molecule has 0 aliphatic rings. The number of hydrogen-bond donors (Lipinski definition) is 1. The molecule has 0 saturated heterocycles. The van der Waals surface area contributed by atoms with Gasteiger partial charge >= 0.3 is 0 Å². The molecule has 2 heterocycles. The topological polar surface area (TPSA) is 73.0 Å². The van der Waals surface area contributed by atoms with Gasteiger partial charge in [-0.1, -0.05) is 11.8 Å². The van der Waals surface area contributed by atoms with Crippen LogP contribution in [-0.4, -0.2) is 26.4 Å². The number of amides is 1. The molecule has 0 saturated carbocycles. The molecule has 0 radical (unpaired) electrons. The normalized spacial score (nSPS) is 10.4. The Labute approximate surface area is 102 Å². The smallest absolute Gasteiger partial charge is 0.230 e. The van der Waals surface area contributed by atoms with Crippen molar-refractivity contribution in [3.05, 3.63) is 30.5 Å². The zero-order chi connectivity index (χ0) is 12.1. The fourth-order valence-corrected chi connectivity index (χ4v) is 1.91. The molecule has 2 aromatic heterocycles. The first-order valence-corrected chi connectivity index (χ1v) is 6.00. The van der Waals surface area contributed by atoms with E-state index in [0.29, 0.717) is 12.3 Å². The summed E-state index contributed by atoms with van der Waals surface area (Å²) in [5, 5.41) is 7.40. The van der Waals surface area contributed by atoms with Gasteiger partial charge in [0.15, 0.2) is 5.16 Å². The van der Waals surface area contributed by atoms with Crippen molar-refractivity contribution in [2.75, 3.05) is 5.75 Å². The van der Waals surface area contributed by atoms with E-state index in [1.54, 1.807) is 24.1 Å². The molecule has 7 heteroatoms. The number of furan rings is 1. The van der Waals surface area contributed by atoms with Crippen LogP contribution in [0.25, 0.3) is 0 Å². The lowest BCUT2D eigenvalue weighted by Gasteiger charge is -2.02. The Hall–Kier alpha value is -1.76. The summed E-state index contributed by atoms with van der Waals surface area (Å²) in [7, 11) is 1.79. The maximum atomic E-state index is 11.5. The van der Waals surface area contributed by atoms with Gasteiger partial charge in [-0.15, -0.1) is 0 Å². The third kappa shape index (κ3) is 3.35. The van der Waals surface area contributed by atoms with Crippen LogP contribution in [0.4, 0.5) is 0 Å². The first-order chi connectivity index (χ1) is 8.25. The Morgan fingerprint density at radius 2 is 2.53 bits per heavy atom. The molecule has 90 valence electrons. The van der Waals surface area contributed by atoms with Gasteiger partial charge in [0.25, 0.3) is 0 Å². The average molecular weight is 252 g/mol. The quantitative estimate of drug-likeness (QED) is 0.797. The van der Waals surface area contributed by atoms with Gasteiger partial charge < -0.3 is 9.73 Å². The van der Waals surface area contributed by atoms with Gasteiger partial charge in [0.1, 0.15) is 12.1 Å². The van der Waals surface area contributed by atoms with Gasteiger partial charge in [0.2, 0.25) is 5.91 Å². The largest absolute Gasteiger partial charge is 0.467 e. The highest BCUT2D eigenvalue weighted by Crippen LogP contribution is 2.12. The van der Waals surface area contributed by atoms with E-state index >= 15 is 0 Å². The molecule has 17 heavy (non-hydrogen) atoms. The molecule has 0 spiro atoms. The lowest BCUT2D eigenvalue weighted by molar-refractivity contribution is -0.118. The van der Waals surface area contributed by atoms with E-state index in [0.717, 1.165) is 10.9 Å². The number of carbonyl (C=O) groups is 1. The monoisotopic (exact) mass is 252 g/mol. The molecule has 2 aromatic rings. The van der Waals surface area contributed by atoms with Crippen molar-refractivity contribution in [1.29, 1.82) is 0 Å². The zero-order valence-electron chi connectivity index (χ0n) is 9.29. The van der Waals surface area contributed by atoms with Crippen molar-refractivity contribution in [3.8, 4) is 0 Å². The van der Waals surface area contributed by atoms with Gasteiger partial charge in [0, 0.05) is 7.05 Å². The Kier molecular flexibility index (Phi) is 3.81. The minimum absolute atomic E-state index is 0.0607. The first kappa shape index (κ1) is 11.7. The molecule has 6 nitrogen and oxygen atoms in total. The average Bonchev–Trinajstić information content (AvgIpc) is 2.95. The molecule has 0 fully saturated rings. The van der Waals surface area contributed by atoms with Crippen LogP contribution < -0.4 is 5.32 Å². The summed E-state index contributed by atoms with van der Waals surface area (Å²) in [5.41, 5.74) is 0. The van der Waals surface area contributed by atoms with Crippen LogP contribution in [0.2, 0.25) is 0 Å². The second kappa shape index (κ2) is 5.53. The van der Waals surface area contributed by atoms with Crippen molar-refractivity contribution in [3.63, 3.8) is 0 Å². The third-order valence-electron chi connectivity index (χ3n) is 2.04. The lowest BCUT2D eigenvalue weighted by atomic mass is 10.4. The molecule has 2 rings (SSSR count). The highest BCUT2D eigenvalue weighted by Gasteiger charge is 2.06. The SMILES string of the molecule is Cn1ncnc1SCC(=O)NCc1ccco1. The van der Waals surface area contributed by atoms with E-state index in [9.17, 15) is 4.79 Å². The van der Waals surface area contributed by atoms with E-state index in [1.807, 2.05) is 6.07 Å². The van der Waals surface area contributed by atoms with Gasteiger partial charge in [-0.3, -0.25) is 4.79 Å². The molecular formula is C10H12N4O2S. The van der Waals surface area contributed by atoms with E-state index in [4.69, 9.17) is 4.42 Å². The van der Waals surface area contributed by atoms with Crippen LogP contribution in [0, 0.1) is 0 Å². The van der Waals surface area contributed by atoms with Crippen LogP contribution in [0.15, 0.2) is 34.3 Å². The lowest BCUT2D eigenvalue weighted by Crippen LogP contribution is -2.24. The Bertz CT molecular complexity index is 480. The van der Waals surface area contributed by atoms with Crippen LogP contribution in [0.1, 0.15) is 5.76 Å². The van der Waals surface area contributed by atoms with Crippen molar-refractivity contribution in [2.24, 2.45) is 7.05 Å². The minimum Gasteiger partial charge on any atom is -0.467 e. The van der Waals surface area contributed by atoms with Crippen LogP contribution in [-0.2, 0) is 18.4 Å².